The zero-order valence-electron chi connectivity index (χ0n) is 17.6. The maximum Gasteiger partial charge on any atom is 0.261 e. The summed E-state index contributed by atoms with van der Waals surface area (Å²) in [6.45, 7) is 8.48. The van der Waals surface area contributed by atoms with Crippen LogP contribution in [0.25, 0.3) is 0 Å². The smallest absolute Gasteiger partial charge is 0.261 e. The molecular formula is C23H31N3O3S. The lowest BCUT2D eigenvalue weighted by atomic mass is 9.98. The molecule has 1 N–H and O–H groups in total. The van der Waals surface area contributed by atoms with Gasteiger partial charge in [-0.2, -0.15) is 0 Å². The van der Waals surface area contributed by atoms with E-state index in [2.05, 4.69) is 33.6 Å². The van der Waals surface area contributed by atoms with Gasteiger partial charge >= 0.3 is 0 Å². The van der Waals surface area contributed by atoms with Gasteiger partial charge in [-0.25, -0.2) is 8.42 Å². The summed E-state index contributed by atoms with van der Waals surface area (Å²) in [6.07, 6.45) is 2.35. The highest BCUT2D eigenvalue weighted by Gasteiger charge is 2.23. The average molecular weight is 430 g/mol. The Morgan fingerprint density at radius 3 is 2.57 bits per heavy atom. The Bertz CT molecular complexity index is 940. The molecule has 0 aliphatic carbocycles. The van der Waals surface area contributed by atoms with Crippen molar-refractivity contribution in [1.82, 2.24) is 4.90 Å². The highest BCUT2D eigenvalue weighted by molar-refractivity contribution is 7.92. The van der Waals surface area contributed by atoms with Crippen LogP contribution in [-0.2, 0) is 14.8 Å². The second-order valence-electron chi connectivity index (χ2n) is 8.11. The van der Waals surface area contributed by atoms with Crippen molar-refractivity contribution in [2.45, 2.75) is 30.6 Å². The molecule has 0 aromatic heterocycles. The Kier molecular flexibility index (Phi) is 6.61. The number of hydrogen-bond donors (Lipinski definition) is 1. The number of likely N-dealkylation sites (tertiary alicyclic amines) is 1. The van der Waals surface area contributed by atoms with Crippen LogP contribution in [0.3, 0.4) is 0 Å². The third-order valence-electron chi connectivity index (χ3n) is 5.95. The van der Waals surface area contributed by atoms with E-state index in [1.165, 1.54) is 18.4 Å². The van der Waals surface area contributed by atoms with E-state index in [1.807, 2.05) is 18.2 Å². The maximum atomic E-state index is 12.9. The number of benzene rings is 2. The number of nitrogens with one attached hydrogen (secondary N) is 1. The monoisotopic (exact) mass is 429 g/mol. The molecule has 2 heterocycles. The van der Waals surface area contributed by atoms with E-state index >= 15 is 0 Å². The van der Waals surface area contributed by atoms with Gasteiger partial charge in [0, 0.05) is 31.0 Å². The van der Waals surface area contributed by atoms with Crippen molar-refractivity contribution in [1.29, 1.82) is 0 Å². The van der Waals surface area contributed by atoms with Gasteiger partial charge in [0.25, 0.3) is 10.0 Å². The number of hydrogen-bond acceptors (Lipinski definition) is 5. The quantitative estimate of drug-likeness (QED) is 0.730. The first kappa shape index (κ1) is 21.2. The van der Waals surface area contributed by atoms with Crippen molar-refractivity contribution >= 4 is 21.4 Å². The molecule has 2 fully saturated rings. The van der Waals surface area contributed by atoms with Gasteiger partial charge in [0.1, 0.15) is 0 Å². The zero-order valence-corrected chi connectivity index (χ0v) is 18.4. The Morgan fingerprint density at radius 1 is 1.07 bits per heavy atom. The minimum Gasteiger partial charge on any atom is -0.378 e. The van der Waals surface area contributed by atoms with Crippen molar-refractivity contribution in [2.75, 3.05) is 55.6 Å². The minimum absolute atomic E-state index is 0.279. The van der Waals surface area contributed by atoms with Crippen molar-refractivity contribution < 1.29 is 13.2 Å². The van der Waals surface area contributed by atoms with Gasteiger partial charge in [-0.1, -0.05) is 25.1 Å². The first-order valence-corrected chi connectivity index (χ1v) is 12.3. The molecule has 0 saturated carbocycles. The topological polar surface area (TPSA) is 61.9 Å². The molecular weight excluding hydrogens is 398 g/mol. The Balaban J connectivity index is 1.43. The van der Waals surface area contributed by atoms with Gasteiger partial charge in [-0.15, -0.1) is 0 Å². The predicted octanol–water partition coefficient (Wildman–Crippen LogP) is 3.52. The van der Waals surface area contributed by atoms with E-state index in [1.54, 1.807) is 18.2 Å². The lowest BCUT2D eigenvalue weighted by Gasteiger charge is -2.29. The molecule has 0 spiro atoms. The van der Waals surface area contributed by atoms with E-state index in [4.69, 9.17) is 4.74 Å². The van der Waals surface area contributed by atoms with E-state index < -0.39 is 10.0 Å². The zero-order chi connectivity index (χ0) is 21.0. The second-order valence-corrected chi connectivity index (χ2v) is 9.79. The number of rotatable bonds is 7. The molecule has 30 heavy (non-hydrogen) atoms. The van der Waals surface area contributed by atoms with Crippen LogP contribution < -0.4 is 9.62 Å². The first-order valence-electron chi connectivity index (χ1n) is 10.8. The maximum absolute atomic E-state index is 12.9. The fraction of sp³-hybridized carbons (Fsp3) is 0.478. The number of ether oxygens (including phenoxy) is 1. The average Bonchev–Trinajstić information content (AvgIpc) is 3.24. The summed E-state index contributed by atoms with van der Waals surface area (Å²) >= 11 is 0. The summed E-state index contributed by atoms with van der Waals surface area (Å²) in [5, 5.41) is 0. The largest absolute Gasteiger partial charge is 0.378 e. The standard InChI is InChI=1S/C23H31N3O3S/c1-2-11-25-12-10-20(18-25)19-6-8-21(9-7-19)24-30(27,28)23-5-3-4-22(17-23)26-13-15-29-16-14-26/h3-9,17,20,24H,2,10-16,18H2,1H3/t20-/m1/s1. The predicted molar refractivity (Wildman–Crippen MR) is 121 cm³/mol. The van der Waals surface area contributed by atoms with Gasteiger partial charge in [0.2, 0.25) is 0 Å². The van der Waals surface area contributed by atoms with Gasteiger partial charge in [0.15, 0.2) is 0 Å². The van der Waals surface area contributed by atoms with Crippen LogP contribution in [0.4, 0.5) is 11.4 Å². The van der Waals surface area contributed by atoms with Crippen LogP contribution in [0.2, 0.25) is 0 Å². The highest BCUT2D eigenvalue weighted by atomic mass is 32.2. The van der Waals surface area contributed by atoms with E-state index in [9.17, 15) is 8.42 Å². The van der Waals surface area contributed by atoms with Gasteiger partial charge in [-0.05, 0) is 67.7 Å². The lowest BCUT2D eigenvalue weighted by molar-refractivity contribution is 0.122. The number of nitrogens with zero attached hydrogens (tertiary/aromatic N) is 2. The summed E-state index contributed by atoms with van der Waals surface area (Å²) in [5.74, 6) is 0.535. The first-order chi connectivity index (χ1) is 14.5. The van der Waals surface area contributed by atoms with Crippen molar-refractivity contribution in [3.8, 4) is 0 Å². The fourth-order valence-electron chi connectivity index (χ4n) is 4.33. The van der Waals surface area contributed by atoms with Gasteiger partial charge in [-0.3, -0.25) is 4.72 Å². The Morgan fingerprint density at radius 2 is 1.83 bits per heavy atom. The molecule has 7 heteroatoms. The third-order valence-corrected chi connectivity index (χ3v) is 7.33. The molecule has 2 saturated heterocycles. The molecule has 0 radical (unpaired) electrons. The molecule has 2 aliphatic heterocycles. The van der Waals surface area contributed by atoms with E-state index in [-0.39, 0.29) is 4.90 Å². The highest BCUT2D eigenvalue weighted by Crippen LogP contribution is 2.29. The Labute approximate surface area is 179 Å². The van der Waals surface area contributed by atoms with Crippen LogP contribution in [-0.4, -0.2) is 59.3 Å². The van der Waals surface area contributed by atoms with Crippen LogP contribution in [0.15, 0.2) is 53.4 Å². The molecule has 4 rings (SSSR count). The summed E-state index contributed by atoms with van der Waals surface area (Å²) < 4.78 is 34.0. The molecule has 6 nitrogen and oxygen atoms in total. The number of anilines is 2. The molecule has 2 aromatic carbocycles. The third kappa shape index (κ3) is 4.96. The minimum atomic E-state index is -3.64. The fourth-order valence-corrected chi connectivity index (χ4v) is 5.43. The van der Waals surface area contributed by atoms with Crippen LogP contribution in [0.5, 0.6) is 0 Å². The molecule has 0 bridgehead atoms. The van der Waals surface area contributed by atoms with E-state index in [0.29, 0.717) is 24.8 Å². The molecule has 0 unspecified atom stereocenters. The van der Waals surface area contributed by atoms with Crippen LogP contribution in [0, 0.1) is 0 Å². The molecule has 162 valence electrons. The van der Waals surface area contributed by atoms with Gasteiger partial charge in [0.05, 0.1) is 18.1 Å². The SMILES string of the molecule is CCCN1CC[C@@H](c2ccc(NS(=O)(=O)c3cccc(N4CCOCC4)c3)cc2)C1. The molecule has 1 atom stereocenters. The number of sulfonamides is 1. The number of morpholine rings is 1. The van der Waals surface area contributed by atoms with Gasteiger partial charge < -0.3 is 14.5 Å². The summed E-state index contributed by atoms with van der Waals surface area (Å²) in [4.78, 5) is 4.94. The Hall–Kier alpha value is -2.09. The van der Waals surface area contributed by atoms with Crippen molar-refractivity contribution in [3.05, 3.63) is 54.1 Å². The summed E-state index contributed by atoms with van der Waals surface area (Å²) in [5.41, 5.74) is 2.79. The normalized spacial score (nSPS) is 20.4. The second kappa shape index (κ2) is 9.37. The lowest BCUT2D eigenvalue weighted by Crippen LogP contribution is -2.36. The van der Waals surface area contributed by atoms with Crippen LogP contribution in [0.1, 0.15) is 31.2 Å². The molecule has 2 aliphatic rings. The van der Waals surface area contributed by atoms with E-state index in [0.717, 1.165) is 38.4 Å². The summed E-state index contributed by atoms with van der Waals surface area (Å²) in [7, 11) is -3.64. The summed E-state index contributed by atoms with van der Waals surface area (Å²) in [6, 6.07) is 15.0. The van der Waals surface area contributed by atoms with Crippen molar-refractivity contribution in [2.24, 2.45) is 0 Å². The van der Waals surface area contributed by atoms with Crippen LogP contribution >= 0.6 is 0 Å². The molecule has 0 amide bonds. The van der Waals surface area contributed by atoms with Crippen molar-refractivity contribution in [3.63, 3.8) is 0 Å². The molecule has 2 aromatic rings.